The molecule has 0 bridgehead atoms. The summed E-state index contributed by atoms with van der Waals surface area (Å²) in [7, 11) is 0. The molecule has 1 saturated heterocycles. The average molecular weight is 493 g/mol. The molecule has 0 spiro atoms. The Hall–Kier alpha value is -3.88. The van der Waals surface area contributed by atoms with Gasteiger partial charge in [0.25, 0.3) is 0 Å². The van der Waals surface area contributed by atoms with Crippen molar-refractivity contribution in [3.63, 3.8) is 0 Å². The molecule has 5 rings (SSSR count). The summed E-state index contributed by atoms with van der Waals surface area (Å²) in [5, 5.41) is 13.8. The lowest BCUT2D eigenvalue weighted by Gasteiger charge is -2.36. The number of aromatic nitrogens is 2. The monoisotopic (exact) mass is 492 g/mol. The molecular weight excluding hydrogens is 463 g/mol. The summed E-state index contributed by atoms with van der Waals surface area (Å²) < 4.78 is 22.7. The van der Waals surface area contributed by atoms with Crippen molar-refractivity contribution in [3.05, 3.63) is 60.2 Å². The van der Waals surface area contributed by atoms with Gasteiger partial charge in [0, 0.05) is 48.9 Å². The van der Waals surface area contributed by atoms with Crippen molar-refractivity contribution >= 4 is 17.7 Å². The first-order chi connectivity index (χ1) is 17.3. The van der Waals surface area contributed by atoms with E-state index in [1.54, 1.807) is 36.2 Å². The summed E-state index contributed by atoms with van der Waals surface area (Å²) in [6.07, 6.45) is 5.63. The summed E-state index contributed by atoms with van der Waals surface area (Å²) in [4.78, 5) is 26.9. The Morgan fingerprint density at radius 3 is 2.56 bits per heavy atom. The van der Waals surface area contributed by atoms with Crippen molar-refractivity contribution in [1.82, 2.24) is 14.7 Å². The molecule has 3 heterocycles. The molecule has 2 aliphatic rings. The molecule has 1 fully saturated rings. The Labute approximate surface area is 208 Å². The van der Waals surface area contributed by atoms with Crippen molar-refractivity contribution < 1.29 is 23.8 Å². The standard InChI is InChI=1S/C27H29FN4O4/c1-17-7-8-22-24(32(17)18(2)33)10-9-21(26(22)36-25-6-4-3-5-23(25)28)19-15-29-31(16-19)20-11-13-30(14-12-20)27(34)35/h3-6,9-10,15-17,20H,7-8,11-14H2,1-2H3,(H,34,35)/t17-/m0/s1. The van der Waals surface area contributed by atoms with Gasteiger partial charge in [-0.1, -0.05) is 12.1 Å². The number of fused-ring (bicyclic) bond motifs is 1. The first-order valence-corrected chi connectivity index (χ1v) is 12.2. The highest BCUT2D eigenvalue weighted by Crippen LogP contribution is 2.45. The van der Waals surface area contributed by atoms with Gasteiger partial charge in [-0.2, -0.15) is 5.10 Å². The predicted molar refractivity (Wildman–Crippen MR) is 133 cm³/mol. The lowest BCUT2D eigenvalue weighted by atomic mass is 9.92. The van der Waals surface area contributed by atoms with E-state index in [0.29, 0.717) is 38.1 Å². The molecule has 0 saturated carbocycles. The van der Waals surface area contributed by atoms with Crippen LogP contribution in [0.15, 0.2) is 48.8 Å². The van der Waals surface area contributed by atoms with Gasteiger partial charge in [-0.05, 0) is 56.9 Å². The molecule has 2 aliphatic heterocycles. The minimum Gasteiger partial charge on any atom is -0.465 e. The molecule has 2 amide bonds. The summed E-state index contributed by atoms with van der Waals surface area (Å²) in [5.41, 5.74) is 3.23. The third-order valence-corrected chi connectivity index (χ3v) is 7.16. The number of amides is 2. The molecule has 8 nitrogen and oxygen atoms in total. The number of hydrogen-bond donors (Lipinski definition) is 1. The van der Waals surface area contributed by atoms with E-state index in [1.165, 1.54) is 11.0 Å². The number of para-hydroxylation sites is 1. The van der Waals surface area contributed by atoms with E-state index >= 15 is 0 Å². The van der Waals surface area contributed by atoms with Crippen LogP contribution in [-0.4, -0.2) is 50.9 Å². The van der Waals surface area contributed by atoms with Crippen molar-refractivity contribution in [2.24, 2.45) is 0 Å². The van der Waals surface area contributed by atoms with Crippen molar-refractivity contribution in [2.45, 2.75) is 51.6 Å². The molecule has 0 radical (unpaired) electrons. The summed E-state index contributed by atoms with van der Waals surface area (Å²) in [6, 6.07) is 10.3. The number of benzene rings is 2. The number of nitrogens with zero attached hydrogens (tertiary/aromatic N) is 4. The highest BCUT2D eigenvalue weighted by Gasteiger charge is 2.31. The zero-order valence-electron chi connectivity index (χ0n) is 20.4. The van der Waals surface area contributed by atoms with Gasteiger partial charge in [0.15, 0.2) is 11.6 Å². The van der Waals surface area contributed by atoms with Crippen LogP contribution in [0.25, 0.3) is 11.1 Å². The van der Waals surface area contributed by atoms with E-state index < -0.39 is 11.9 Å². The van der Waals surface area contributed by atoms with Gasteiger partial charge >= 0.3 is 6.09 Å². The minimum absolute atomic E-state index is 0.0476. The molecule has 1 atom stereocenters. The molecule has 0 unspecified atom stereocenters. The number of halogens is 1. The molecule has 3 aromatic rings. The SMILES string of the molecule is CC(=O)N1c2ccc(-c3cnn(C4CCN(C(=O)O)CC4)c3)c(Oc3ccccc3F)c2CC[C@@H]1C. The Kier molecular flexibility index (Phi) is 6.38. The van der Waals surface area contributed by atoms with E-state index in [2.05, 4.69) is 5.10 Å². The number of piperidine rings is 1. The van der Waals surface area contributed by atoms with Crippen LogP contribution < -0.4 is 9.64 Å². The Balaban J connectivity index is 1.54. The molecule has 1 N–H and O–H groups in total. The third-order valence-electron chi connectivity index (χ3n) is 7.16. The number of carboxylic acid groups (broad SMARTS) is 1. The van der Waals surface area contributed by atoms with Crippen molar-refractivity contribution in [3.8, 4) is 22.6 Å². The average Bonchev–Trinajstić information content (AvgIpc) is 3.35. The Morgan fingerprint density at radius 2 is 1.86 bits per heavy atom. The van der Waals surface area contributed by atoms with Crippen LogP contribution >= 0.6 is 0 Å². The van der Waals surface area contributed by atoms with Crippen LogP contribution in [0.2, 0.25) is 0 Å². The number of ether oxygens (including phenoxy) is 1. The van der Waals surface area contributed by atoms with Gasteiger partial charge in [0.2, 0.25) is 5.91 Å². The van der Waals surface area contributed by atoms with Gasteiger partial charge < -0.3 is 19.6 Å². The number of anilines is 1. The van der Waals surface area contributed by atoms with Gasteiger partial charge in [-0.25, -0.2) is 9.18 Å². The molecular formula is C27H29FN4O4. The fourth-order valence-electron chi connectivity index (χ4n) is 5.26. The molecule has 2 aromatic carbocycles. The number of rotatable bonds is 4. The van der Waals surface area contributed by atoms with Crippen LogP contribution in [0.3, 0.4) is 0 Å². The zero-order chi connectivity index (χ0) is 25.4. The zero-order valence-corrected chi connectivity index (χ0v) is 20.4. The fraction of sp³-hybridized carbons (Fsp3) is 0.370. The smallest absolute Gasteiger partial charge is 0.407 e. The molecule has 36 heavy (non-hydrogen) atoms. The van der Waals surface area contributed by atoms with Crippen molar-refractivity contribution in [2.75, 3.05) is 18.0 Å². The Morgan fingerprint density at radius 1 is 1.11 bits per heavy atom. The van der Waals surface area contributed by atoms with E-state index in [0.717, 1.165) is 28.8 Å². The molecule has 9 heteroatoms. The summed E-state index contributed by atoms with van der Waals surface area (Å²) in [5.74, 6) is 0.132. The second kappa shape index (κ2) is 9.64. The highest BCUT2D eigenvalue weighted by molar-refractivity contribution is 5.95. The van der Waals surface area contributed by atoms with Crippen LogP contribution in [0.4, 0.5) is 14.9 Å². The first-order valence-electron chi connectivity index (χ1n) is 12.2. The molecule has 1 aromatic heterocycles. The lowest BCUT2D eigenvalue weighted by molar-refractivity contribution is -0.117. The maximum atomic E-state index is 14.6. The minimum atomic E-state index is -0.896. The van der Waals surface area contributed by atoms with Gasteiger partial charge in [-0.15, -0.1) is 0 Å². The third kappa shape index (κ3) is 4.41. The number of carbonyl (C=O) groups is 2. The van der Waals surface area contributed by atoms with E-state index in [9.17, 15) is 19.1 Å². The summed E-state index contributed by atoms with van der Waals surface area (Å²) in [6.45, 7) is 4.51. The van der Waals surface area contributed by atoms with Gasteiger partial charge in [0.1, 0.15) is 5.75 Å². The van der Waals surface area contributed by atoms with E-state index in [1.807, 2.05) is 29.9 Å². The van der Waals surface area contributed by atoms with Crippen LogP contribution in [-0.2, 0) is 11.2 Å². The number of carbonyl (C=O) groups excluding carboxylic acids is 1. The first kappa shape index (κ1) is 23.8. The van der Waals surface area contributed by atoms with E-state index in [4.69, 9.17) is 4.74 Å². The second-order valence-corrected chi connectivity index (χ2v) is 9.46. The van der Waals surface area contributed by atoms with Gasteiger partial charge in [-0.3, -0.25) is 9.48 Å². The fourth-order valence-corrected chi connectivity index (χ4v) is 5.26. The number of hydrogen-bond acceptors (Lipinski definition) is 4. The molecule has 0 aliphatic carbocycles. The predicted octanol–water partition coefficient (Wildman–Crippen LogP) is 5.48. The summed E-state index contributed by atoms with van der Waals surface area (Å²) >= 11 is 0. The quantitative estimate of drug-likeness (QED) is 0.521. The Bertz CT molecular complexity index is 1300. The number of likely N-dealkylation sites (tertiary alicyclic amines) is 1. The maximum absolute atomic E-state index is 14.6. The normalized spacial score (nSPS) is 18.1. The van der Waals surface area contributed by atoms with Gasteiger partial charge in [0.05, 0.1) is 17.9 Å². The lowest BCUT2D eigenvalue weighted by Crippen LogP contribution is -2.40. The van der Waals surface area contributed by atoms with Crippen LogP contribution in [0.5, 0.6) is 11.5 Å². The van der Waals surface area contributed by atoms with Crippen LogP contribution in [0, 0.1) is 5.82 Å². The topological polar surface area (TPSA) is 87.9 Å². The van der Waals surface area contributed by atoms with Crippen LogP contribution in [0.1, 0.15) is 44.7 Å². The second-order valence-electron chi connectivity index (χ2n) is 9.46. The maximum Gasteiger partial charge on any atom is 0.407 e. The molecule has 188 valence electrons. The van der Waals surface area contributed by atoms with E-state index in [-0.39, 0.29) is 23.7 Å². The van der Waals surface area contributed by atoms with Crippen molar-refractivity contribution in [1.29, 1.82) is 0 Å². The largest absolute Gasteiger partial charge is 0.465 e. The highest BCUT2D eigenvalue weighted by atomic mass is 19.1.